The Morgan fingerprint density at radius 2 is 2.27 bits per heavy atom. The molecule has 5 heteroatoms. The molecule has 0 amide bonds. The quantitative estimate of drug-likeness (QED) is 0.683. The van der Waals surface area contributed by atoms with Gasteiger partial charge >= 0.3 is 0 Å². The van der Waals surface area contributed by atoms with Crippen molar-refractivity contribution in [1.82, 2.24) is 9.97 Å². The Labute approximate surface area is 88.3 Å². The van der Waals surface area contributed by atoms with Gasteiger partial charge in [-0.2, -0.15) is 0 Å². The van der Waals surface area contributed by atoms with Gasteiger partial charge in [0, 0.05) is 31.1 Å². The normalized spacial score (nSPS) is 21.0. The number of aromatic nitrogens is 2. The molecule has 3 rings (SSSR count). The van der Waals surface area contributed by atoms with E-state index in [1.165, 1.54) is 0 Å². The zero-order valence-electron chi connectivity index (χ0n) is 8.52. The Morgan fingerprint density at radius 1 is 1.40 bits per heavy atom. The Balaban J connectivity index is 1.93. The fourth-order valence-corrected chi connectivity index (χ4v) is 2.10. The highest BCUT2D eigenvalue weighted by Crippen LogP contribution is 2.26. The van der Waals surface area contributed by atoms with Crippen LogP contribution in [0.15, 0.2) is 6.33 Å². The van der Waals surface area contributed by atoms with Gasteiger partial charge in [-0.25, -0.2) is 9.97 Å². The Hall–Kier alpha value is -1.20. The van der Waals surface area contributed by atoms with E-state index in [2.05, 4.69) is 14.9 Å². The number of fused-ring (bicyclic) bond motifs is 1. The molecule has 1 fully saturated rings. The van der Waals surface area contributed by atoms with Crippen molar-refractivity contribution in [1.29, 1.82) is 0 Å². The lowest BCUT2D eigenvalue weighted by Gasteiger charge is -2.39. The first kappa shape index (κ1) is 9.06. The van der Waals surface area contributed by atoms with Crippen molar-refractivity contribution >= 4 is 5.82 Å². The summed E-state index contributed by atoms with van der Waals surface area (Å²) in [6.45, 7) is 3.19. The van der Waals surface area contributed by atoms with Gasteiger partial charge in [0.05, 0.1) is 18.9 Å². The summed E-state index contributed by atoms with van der Waals surface area (Å²) in [5.74, 6) is 1.02. The van der Waals surface area contributed by atoms with Crippen LogP contribution in [0, 0.1) is 0 Å². The van der Waals surface area contributed by atoms with E-state index in [0.29, 0.717) is 12.6 Å². The molecule has 1 aromatic heterocycles. The molecule has 15 heavy (non-hydrogen) atoms. The molecule has 0 atom stereocenters. The van der Waals surface area contributed by atoms with Crippen LogP contribution in [0.2, 0.25) is 0 Å². The van der Waals surface area contributed by atoms with E-state index in [0.717, 1.165) is 43.2 Å². The van der Waals surface area contributed by atoms with Crippen molar-refractivity contribution in [3.05, 3.63) is 17.6 Å². The molecule has 1 aromatic rings. The first-order valence-electron chi connectivity index (χ1n) is 5.25. The summed E-state index contributed by atoms with van der Waals surface area (Å²) in [5.41, 5.74) is 8.05. The molecule has 80 valence electrons. The van der Waals surface area contributed by atoms with Crippen molar-refractivity contribution in [3.8, 4) is 0 Å². The minimum Gasteiger partial charge on any atom is -0.376 e. The highest BCUT2D eigenvalue weighted by Gasteiger charge is 2.28. The maximum atomic E-state index is 5.77. The number of ether oxygens (including phenoxy) is 1. The zero-order chi connectivity index (χ0) is 10.3. The van der Waals surface area contributed by atoms with Crippen LogP contribution in [-0.2, 0) is 17.8 Å². The second-order valence-electron chi connectivity index (χ2n) is 4.09. The summed E-state index contributed by atoms with van der Waals surface area (Å²) < 4.78 is 5.44. The predicted octanol–water partition coefficient (Wildman–Crippen LogP) is -0.303. The maximum Gasteiger partial charge on any atom is 0.137 e. The highest BCUT2D eigenvalue weighted by atomic mass is 16.5. The molecular weight excluding hydrogens is 192 g/mol. The van der Waals surface area contributed by atoms with Crippen molar-refractivity contribution in [3.63, 3.8) is 0 Å². The Kier molecular flexibility index (Phi) is 2.07. The number of anilines is 1. The van der Waals surface area contributed by atoms with Gasteiger partial charge in [0.25, 0.3) is 0 Å². The first-order valence-corrected chi connectivity index (χ1v) is 5.25. The van der Waals surface area contributed by atoms with Crippen molar-refractivity contribution in [2.24, 2.45) is 5.73 Å². The van der Waals surface area contributed by atoms with Crippen LogP contribution >= 0.6 is 0 Å². The maximum absolute atomic E-state index is 5.77. The van der Waals surface area contributed by atoms with Gasteiger partial charge in [-0.15, -0.1) is 0 Å². The third kappa shape index (κ3) is 1.48. The van der Waals surface area contributed by atoms with E-state index in [1.54, 1.807) is 6.33 Å². The molecule has 3 heterocycles. The molecule has 1 saturated heterocycles. The zero-order valence-corrected chi connectivity index (χ0v) is 8.52. The van der Waals surface area contributed by atoms with E-state index in [9.17, 15) is 0 Å². The summed E-state index contributed by atoms with van der Waals surface area (Å²) in [6, 6.07) is 0.292. The van der Waals surface area contributed by atoms with E-state index >= 15 is 0 Å². The molecule has 5 nitrogen and oxygen atoms in total. The lowest BCUT2D eigenvalue weighted by atomic mass is 10.1. The van der Waals surface area contributed by atoms with Crippen molar-refractivity contribution in [2.75, 3.05) is 24.6 Å². The first-order chi connectivity index (χ1) is 7.34. The largest absolute Gasteiger partial charge is 0.376 e. The summed E-state index contributed by atoms with van der Waals surface area (Å²) in [5, 5.41) is 0. The van der Waals surface area contributed by atoms with Gasteiger partial charge in [-0.05, 0) is 0 Å². The number of nitrogens with zero attached hydrogens (tertiary/aromatic N) is 3. The second-order valence-corrected chi connectivity index (χ2v) is 4.09. The van der Waals surface area contributed by atoms with E-state index in [4.69, 9.17) is 10.5 Å². The summed E-state index contributed by atoms with van der Waals surface area (Å²) in [4.78, 5) is 10.8. The van der Waals surface area contributed by atoms with Crippen molar-refractivity contribution < 1.29 is 4.74 Å². The average molecular weight is 206 g/mol. The minimum atomic E-state index is 0.292. The van der Waals surface area contributed by atoms with E-state index in [-0.39, 0.29) is 0 Å². The highest BCUT2D eigenvalue weighted by molar-refractivity contribution is 5.51. The monoisotopic (exact) mass is 206 g/mol. The van der Waals surface area contributed by atoms with Crippen LogP contribution < -0.4 is 10.6 Å². The Bertz CT molecular complexity index is 376. The molecule has 0 unspecified atom stereocenters. The number of rotatable bonds is 1. The lowest BCUT2D eigenvalue weighted by molar-refractivity contribution is 0.109. The van der Waals surface area contributed by atoms with Gasteiger partial charge < -0.3 is 15.4 Å². The second kappa shape index (κ2) is 3.43. The average Bonchev–Trinajstić information content (AvgIpc) is 2.24. The molecule has 0 aromatic carbocycles. The van der Waals surface area contributed by atoms with Gasteiger partial charge in [0.15, 0.2) is 0 Å². The van der Waals surface area contributed by atoms with Gasteiger partial charge in [0.1, 0.15) is 12.1 Å². The van der Waals surface area contributed by atoms with Crippen LogP contribution in [-0.4, -0.2) is 35.7 Å². The van der Waals surface area contributed by atoms with Crippen LogP contribution in [0.5, 0.6) is 0 Å². The minimum absolute atomic E-state index is 0.292. The van der Waals surface area contributed by atoms with E-state index in [1.807, 2.05) is 0 Å². The van der Waals surface area contributed by atoms with Gasteiger partial charge in [-0.1, -0.05) is 0 Å². The van der Waals surface area contributed by atoms with Gasteiger partial charge in [-0.3, -0.25) is 0 Å². The molecule has 2 N–H and O–H groups in total. The van der Waals surface area contributed by atoms with Crippen LogP contribution in [0.4, 0.5) is 5.82 Å². The standard InChI is InChI=1S/C10H14N4O/c11-7-3-14(4-7)10-8-5-15-2-1-9(8)12-6-13-10/h6-7H,1-5,11H2. The topological polar surface area (TPSA) is 64.3 Å². The molecule has 0 radical (unpaired) electrons. The van der Waals surface area contributed by atoms with Crippen molar-refractivity contribution in [2.45, 2.75) is 19.1 Å². The fraction of sp³-hybridized carbons (Fsp3) is 0.600. The fourth-order valence-electron chi connectivity index (χ4n) is 2.10. The summed E-state index contributed by atoms with van der Waals surface area (Å²) in [7, 11) is 0. The van der Waals surface area contributed by atoms with Crippen LogP contribution in [0.1, 0.15) is 11.3 Å². The van der Waals surface area contributed by atoms with Gasteiger partial charge in [0.2, 0.25) is 0 Å². The number of hydrogen-bond acceptors (Lipinski definition) is 5. The molecule has 0 aliphatic carbocycles. The summed E-state index contributed by atoms with van der Waals surface area (Å²) >= 11 is 0. The molecule has 2 aliphatic rings. The molecule has 0 saturated carbocycles. The third-order valence-corrected chi connectivity index (χ3v) is 2.95. The predicted molar refractivity (Wildman–Crippen MR) is 55.6 cm³/mol. The SMILES string of the molecule is NC1CN(c2ncnc3c2COCC3)C1. The molecule has 2 aliphatic heterocycles. The molecule has 0 spiro atoms. The van der Waals surface area contributed by atoms with Crippen LogP contribution in [0.25, 0.3) is 0 Å². The molecule has 0 bridgehead atoms. The summed E-state index contributed by atoms with van der Waals surface area (Å²) in [6.07, 6.45) is 2.54. The molecular formula is C10H14N4O. The lowest BCUT2D eigenvalue weighted by Crippen LogP contribution is -2.56. The number of hydrogen-bond donors (Lipinski definition) is 1. The van der Waals surface area contributed by atoms with Crippen LogP contribution in [0.3, 0.4) is 0 Å². The third-order valence-electron chi connectivity index (χ3n) is 2.95. The Morgan fingerprint density at radius 3 is 3.07 bits per heavy atom. The van der Waals surface area contributed by atoms with E-state index < -0.39 is 0 Å². The smallest absolute Gasteiger partial charge is 0.137 e. The number of nitrogens with two attached hydrogens (primary N) is 1.